The largest absolute Gasteiger partial charge is 0.330 e. The molecule has 1 aromatic carbocycles. The summed E-state index contributed by atoms with van der Waals surface area (Å²) in [5.41, 5.74) is 8.70. The summed E-state index contributed by atoms with van der Waals surface area (Å²) in [6.45, 7) is 6.48. The molecule has 1 atom stereocenters. The lowest BCUT2D eigenvalue weighted by atomic mass is 10.0. The van der Waals surface area contributed by atoms with Crippen LogP contribution in [0.4, 0.5) is 5.69 Å². The van der Waals surface area contributed by atoms with Gasteiger partial charge in [-0.25, -0.2) is 0 Å². The van der Waals surface area contributed by atoms with Crippen molar-refractivity contribution in [3.05, 3.63) is 27.7 Å². The Hall–Kier alpha value is -0.870. The molecule has 18 heavy (non-hydrogen) atoms. The number of hydrogen-bond donors (Lipinski definition) is 2. The molecule has 0 radical (unpaired) electrons. The van der Waals surface area contributed by atoms with Gasteiger partial charge in [0.05, 0.1) is 5.92 Å². The summed E-state index contributed by atoms with van der Waals surface area (Å²) in [6, 6.07) is 3.93. The van der Waals surface area contributed by atoms with Crippen molar-refractivity contribution in [3.63, 3.8) is 0 Å². The first-order valence-electron chi connectivity index (χ1n) is 6.27. The lowest BCUT2D eigenvalue weighted by Gasteiger charge is -2.15. The van der Waals surface area contributed by atoms with Gasteiger partial charge >= 0.3 is 0 Å². The maximum absolute atomic E-state index is 12.0. The lowest BCUT2D eigenvalue weighted by molar-refractivity contribution is -0.119. The number of carbonyl (C=O) groups excluding carboxylic acids is 1. The number of amides is 1. The summed E-state index contributed by atoms with van der Waals surface area (Å²) in [5, 5.41) is 2.95. The lowest BCUT2D eigenvalue weighted by Crippen LogP contribution is -2.29. The molecule has 0 aromatic heterocycles. The number of nitrogens with two attached hydrogens (primary N) is 1. The standard InChI is InChI=1S/C14H21BrN2O/c1-4-5-11(8-16)14(18)17-12-6-9(2)13(15)10(3)7-12/h6-7,11H,4-5,8,16H2,1-3H3,(H,17,18). The maximum Gasteiger partial charge on any atom is 0.228 e. The number of benzene rings is 1. The molecule has 0 aliphatic rings. The molecule has 0 saturated heterocycles. The van der Waals surface area contributed by atoms with Gasteiger partial charge in [0, 0.05) is 16.7 Å². The van der Waals surface area contributed by atoms with Crippen LogP contribution in [0.25, 0.3) is 0 Å². The Morgan fingerprint density at radius 2 is 1.94 bits per heavy atom. The fraction of sp³-hybridized carbons (Fsp3) is 0.500. The fourth-order valence-corrected chi connectivity index (χ4v) is 2.20. The molecule has 100 valence electrons. The van der Waals surface area contributed by atoms with E-state index in [1.165, 1.54) is 0 Å². The molecule has 1 rings (SSSR count). The van der Waals surface area contributed by atoms with E-state index in [0.29, 0.717) is 6.54 Å². The molecule has 3 nitrogen and oxygen atoms in total. The van der Waals surface area contributed by atoms with E-state index < -0.39 is 0 Å². The highest BCUT2D eigenvalue weighted by Gasteiger charge is 2.16. The van der Waals surface area contributed by atoms with Crippen molar-refractivity contribution in [1.29, 1.82) is 0 Å². The maximum atomic E-state index is 12.0. The molecule has 3 N–H and O–H groups in total. The van der Waals surface area contributed by atoms with Crippen LogP contribution in [0, 0.1) is 19.8 Å². The summed E-state index contributed by atoms with van der Waals surface area (Å²) in [7, 11) is 0. The predicted molar refractivity (Wildman–Crippen MR) is 79.7 cm³/mol. The van der Waals surface area contributed by atoms with E-state index in [4.69, 9.17) is 5.73 Å². The first-order valence-corrected chi connectivity index (χ1v) is 7.06. The Balaban J connectivity index is 2.81. The minimum Gasteiger partial charge on any atom is -0.330 e. The third-order valence-corrected chi connectivity index (χ3v) is 4.25. The molecule has 0 bridgehead atoms. The second-order valence-corrected chi connectivity index (χ2v) is 5.43. The molecular formula is C14H21BrN2O. The molecule has 0 saturated carbocycles. The second kappa shape index (κ2) is 6.90. The van der Waals surface area contributed by atoms with E-state index in [1.807, 2.05) is 26.0 Å². The molecule has 0 aliphatic carbocycles. The number of hydrogen-bond acceptors (Lipinski definition) is 2. The van der Waals surface area contributed by atoms with Crippen LogP contribution >= 0.6 is 15.9 Å². The van der Waals surface area contributed by atoms with E-state index in [2.05, 4.69) is 28.2 Å². The molecule has 0 spiro atoms. The van der Waals surface area contributed by atoms with Crippen LogP contribution in [0.5, 0.6) is 0 Å². The van der Waals surface area contributed by atoms with Crippen LogP contribution in [-0.2, 0) is 4.79 Å². The van der Waals surface area contributed by atoms with E-state index in [-0.39, 0.29) is 11.8 Å². The summed E-state index contributed by atoms with van der Waals surface area (Å²) in [6.07, 6.45) is 1.80. The van der Waals surface area contributed by atoms with Crippen LogP contribution in [0.2, 0.25) is 0 Å². The van der Waals surface area contributed by atoms with Crippen LogP contribution in [0.3, 0.4) is 0 Å². The van der Waals surface area contributed by atoms with Gasteiger partial charge in [0.15, 0.2) is 0 Å². The average Bonchev–Trinajstić information content (AvgIpc) is 2.32. The van der Waals surface area contributed by atoms with Crippen LogP contribution in [0.1, 0.15) is 30.9 Å². The molecule has 1 unspecified atom stereocenters. The zero-order valence-corrected chi connectivity index (χ0v) is 12.8. The number of aryl methyl sites for hydroxylation is 2. The number of halogens is 1. The fourth-order valence-electron chi connectivity index (χ4n) is 1.97. The minimum absolute atomic E-state index is 0.0143. The molecule has 0 fully saturated rings. The van der Waals surface area contributed by atoms with Crippen LogP contribution in [-0.4, -0.2) is 12.5 Å². The number of rotatable bonds is 5. The average molecular weight is 313 g/mol. The Bertz CT molecular complexity index is 409. The van der Waals surface area contributed by atoms with Crippen molar-refractivity contribution < 1.29 is 4.79 Å². The summed E-state index contributed by atoms with van der Waals surface area (Å²) >= 11 is 3.51. The highest BCUT2D eigenvalue weighted by Crippen LogP contribution is 2.25. The van der Waals surface area contributed by atoms with Crippen molar-refractivity contribution in [2.45, 2.75) is 33.6 Å². The number of carbonyl (C=O) groups is 1. The topological polar surface area (TPSA) is 55.1 Å². The summed E-state index contributed by atoms with van der Waals surface area (Å²) in [4.78, 5) is 12.0. The third-order valence-electron chi connectivity index (χ3n) is 3.00. The van der Waals surface area contributed by atoms with Gasteiger partial charge in [0.25, 0.3) is 0 Å². The van der Waals surface area contributed by atoms with E-state index in [0.717, 1.165) is 34.1 Å². The van der Waals surface area contributed by atoms with Gasteiger partial charge in [-0.1, -0.05) is 29.3 Å². The van der Waals surface area contributed by atoms with Gasteiger partial charge in [-0.15, -0.1) is 0 Å². The zero-order valence-electron chi connectivity index (χ0n) is 11.2. The van der Waals surface area contributed by atoms with Gasteiger partial charge in [-0.3, -0.25) is 4.79 Å². The monoisotopic (exact) mass is 312 g/mol. The highest BCUT2D eigenvalue weighted by molar-refractivity contribution is 9.10. The second-order valence-electron chi connectivity index (χ2n) is 4.63. The molecule has 4 heteroatoms. The van der Waals surface area contributed by atoms with E-state index >= 15 is 0 Å². The van der Waals surface area contributed by atoms with Crippen molar-refractivity contribution in [1.82, 2.24) is 0 Å². The number of anilines is 1. The Labute approximate surface area is 117 Å². The molecule has 0 heterocycles. The minimum atomic E-state index is -0.0979. The number of nitrogens with one attached hydrogen (secondary N) is 1. The highest BCUT2D eigenvalue weighted by atomic mass is 79.9. The van der Waals surface area contributed by atoms with Crippen molar-refractivity contribution in [3.8, 4) is 0 Å². The third kappa shape index (κ3) is 3.82. The van der Waals surface area contributed by atoms with Crippen molar-refractivity contribution >= 4 is 27.5 Å². The van der Waals surface area contributed by atoms with Crippen LogP contribution < -0.4 is 11.1 Å². The first kappa shape index (κ1) is 15.2. The predicted octanol–water partition coefficient (Wildman–Crippen LogP) is 3.38. The molecule has 1 aromatic rings. The quantitative estimate of drug-likeness (QED) is 0.875. The zero-order chi connectivity index (χ0) is 13.7. The Kier molecular flexibility index (Phi) is 5.82. The van der Waals surface area contributed by atoms with Gasteiger partial charge in [-0.05, 0) is 43.5 Å². The smallest absolute Gasteiger partial charge is 0.228 e. The first-order chi connectivity index (χ1) is 8.49. The summed E-state index contributed by atoms with van der Waals surface area (Å²) in [5.74, 6) is -0.0836. The summed E-state index contributed by atoms with van der Waals surface area (Å²) < 4.78 is 1.09. The SMILES string of the molecule is CCCC(CN)C(=O)Nc1cc(C)c(Br)c(C)c1. The Morgan fingerprint density at radius 1 is 1.39 bits per heavy atom. The molecule has 0 aliphatic heterocycles. The van der Waals surface area contributed by atoms with E-state index in [1.54, 1.807) is 0 Å². The Morgan fingerprint density at radius 3 is 2.39 bits per heavy atom. The van der Waals surface area contributed by atoms with Gasteiger partial charge in [-0.2, -0.15) is 0 Å². The van der Waals surface area contributed by atoms with Gasteiger partial charge < -0.3 is 11.1 Å². The van der Waals surface area contributed by atoms with Crippen molar-refractivity contribution in [2.24, 2.45) is 11.7 Å². The molecular weight excluding hydrogens is 292 g/mol. The van der Waals surface area contributed by atoms with Crippen molar-refractivity contribution in [2.75, 3.05) is 11.9 Å². The van der Waals surface area contributed by atoms with Gasteiger partial charge in [0.1, 0.15) is 0 Å². The van der Waals surface area contributed by atoms with Crippen LogP contribution in [0.15, 0.2) is 16.6 Å². The molecule has 1 amide bonds. The van der Waals surface area contributed by atoms with Gasteiger partial charge in [0.2, 0.25) is 5.91 Å². The normalized spacial score (nSPS) is 12.3. The van der Waals surface area contributed by atoms with E-state index in [9.17, 15) is 4.79 Å².